The van der Waals surface area contributed by atoms with Crippen molar-refractivity contribution < 1.29 is 0 Å². The average molecular weight is 365 g/mol. The van der Waals surface area contributed by atoms with Crippen LogP contribution in [0.5, 0.6) is 0 Å². The van der Waals surface area contributed by atoms with Crippen LogP contribution in [0, 0.1) is 0 Å². The summed E-state index contributed by atoms with van der Waals surface area (Å²) in [6.45, 7) is 10.4. The number of nitrogens with zero attached hydrogens (tertiary/aromatic N) is 2. The van der Waals surface area contributed by atoms with Gasteiger partial charge in [-0.05, 0) is 18.6 Å². The van der Waals surface area contributed by atoms with E-state index in [4.69, 9.17) is 4.98 Å². The third kappa shape index (κ3) is 5.60. The van der Waals surface area contributed by atoms with Gasteiger partial charge in [0.15, 0.2) is 5.96 Å². The summed E-state index contributed by atoms with van der Waals surface area (Å²) in [5, 5.41) is 10.1. The molecule has 2 aromatic rings. The van der Waals surface area contributed by atoms with E-state index in [1.165, 1.54) is 20.5 Å². The Morgan fingerprint density at radius 2 is 1.96 bits per heavy atom. The van der Waals surface area contributed by atoms with Crippen LogP contribution in [0.15, 0.2) is 22.5 Å². The molecule has 24 heavy (non-hydrogen) atoms. The second-order valence-electron chi connectivity index (χ2n) is 6.70. The average Bonchev–Trinajstić information content (AvgIpc) is 3.19. The highest BCUT2D eigenvalue weighted by molar-refractivity contribution is 7.12. The number of rotatable bonds is 6. The van der Waals surface area contributed by atoms with Gasteiger partial charge >= 0.3 is 0 Å². The topological polar surface area (TPSA) is 49.3 Å². The van der Waals surface area contributed by atoms with Crippen molar-refractivity contribution in [2.24, 2.45) is 4.99 Å². The molecule has 0 unspecified atom stereocenters. The van der Waals surface area contributed by atoms with Crippen LogP contribution in [-0.4, -0.2) is 24.5 Å². The lowest BCUT2D eigenvalue weighted by atomic mass is 9.93. The SMILES string of the molecule is CCc1ccc(CNC(=NC)NCCc2nc(C(C)(C)C)cs2)s1. The van der Waals surface area contributed by atoms with Crippen molar-refractivity contribution in [3.05, 3.63) is 38.0 Å². The van der Waals surface area contributed by atoms with Gasteiger partial charge in [0.1, 0.15) is 0 Å². The minimum Gasteiger partial charge on any atom is -0.356 e. The zero-order valence-electron chi connectivity index (χ0n) is 15.3. The minimum absolute atomic E-state index is 0.123. The van der Waals surface area contributed by atoms with Crippen molar-refractivity contribution in [3.8, 4) is 0 Å². The predicted molar refractivity (Wildman–Crippen MR) is 106 cm³/mol. The van der Waals surface area contributed by atoms with Crippen LogP contribution in [0.1, 0.15) is 48.2 Å². The molecule has 2 N–H and O–H groups in total. The first-order valence-corrected chi connectivity index (χ1v) is 10.1. The number of aromatic nitrogens is 1. The van der Waals surface area contributed by atoms with Gasteiger partial charge in [-0.2, -0.15) is 0 Å². The van der Waals surface area contributed by atoms with Crippen LogP contribution < -0.4 is 10.6 Å². The van der Waals surface area contributed by atoms with E-state index >= 15 is 0 Å². The standard InChI is InChI=1S/C18H28N4S2/c1-6-13-7-8-14(24-13)11-21-17(19-5)20-10-9-16-22-15(12-23-16)18(2,3)4/h7-8,12H,6,9-11H2,1-5H3,(H2,19,20,21). The van der Waals surface area contributed by atoms with Crippen molar-refractivity contribution in [2.75, 3.05) is 13.6 Å². The Labute approximate surface area is 153 Å². The van der Waals surface area contributed by atoms with Gasteiger partial charge in [-0.3, -0.25) is 4.99 Å². The molecule has 4 nitrogen and oxygen atoms in total. The molecule has 0 atom stereocenters. The highest BCUT2D eigenvalue weighted by Crippen LogP contribution is 2.23. The van der Waals surface area contributed by atoms with Gasteiger partial charge < -0.3 is 10.6 Å². The van der Waals surface area contributed by atoms with E-state index in [0.717, 1.165) is 31.9 Å². The molecular formula is C18H28N4S2. The Morgan fingerprint density at radius 3 is 2.54 bits per heavy atom. The van der Waals surface area contributed by atoms with Crippen LogP contribution in [-0.2, 0) is 24.8 Å². The van der Waals surface area contributed by atoms with E-state index in [9.17, 15) is 0 Å². The quantitative estimate of drug-likeness (QED) is 0.602. The summed E-state index contributed by atoms with van der Waals surface area (Å²) in [6, 6.07) is 4.39. The first-order valence-electron chi connectivity index (χ1n) is 8.39. The molecule has 2 aromatic heterocycles. The fourth-order valence-corrected chi connectivity index (χ4v) is 4.08. The maximum atomic E-state index is 4.73. The molecule has 0 spiro atoms. The lowest BCUT2D eigenvalue weighted by Gasteiger charge is -2.14. The van der Waals surface area contributed by atoms with Crippen LogP contribution in [0.2, 0.25) is 0 Å². The molecule has 0 aromatic carbocycles. The van der Waals surface area contributed by atoms with Gasteiger partial charge in [0.2, 0.25) is 0 Å². The van der Waals surface area contributed by atoms with Gasteiger partial charge in [-0.25, -0.2) is 4.98 Å². The first kappa shape index (κ1) is 18.9. The Balaban J connectivity index is 1.76. The molecule has 0 bridgehead atoms. The van der Waals surface area contributed by atoms with Crippen molar-refractivity contribution in [2.45, 2.75) is 52.5 Å². The molecule has 0 saturated heterocycles. The highest BCUT2D eigenvalue weighted by atomic mass is 32.1. The van der Waals surface area contributed by atoms with E-state index in [0.29, 0.717) is 0 Å². The number of thiophene rings is 1. The Kier molecular flexibility index (Phi) is 6.80. The Hall–Kier alpha value is -1.40. The molecule has 0 fully saturated rings. The molecule has 0 radical (unpaired) electrons. The van der Waals surface area contributed by atoms with Gasteiger partial charge in [0.25, 0.3) is 0 Å². The third-order valence-corrected chi connectivity index (χ3v) is 5.81. The maximum Gasteiger partial charge on any atom is 0.191 e. The van der Waals surface area contributed by atoms with E-state index in [1.54, 1.807) is 11.3 Å². The zero-order chi connectivity index (χ0) is 17.6. The van der Waals surface area contributed by atoms with E-state index < -0.39 is 0 Å². The highest BCUT2D eigenvalue weighted by Gasteiger charge is 2.17. The van der Waals surface area contributed by atoms with Crippen molar-refractivity contribution in [3.63, 3.8) is 0 Å². The molecule has 0 aliphatic heterocycles. The second kappa shape index (κ2) is 8.62. The van der Waals surface area contributed by atoms with Gasteiger partial charge in [-0.15, -0.1) is 22.7 Å². The molecule has 0 aliphatic carbocycles. The lowest BCUT2D eigenvalue weighted by molar-refractivity contribution is 0.570. The molecule has 132 valence electrons. The third-order valence-electron chi connectivity index (χ3n) is 3.67. The van der Waals surface area contributed by atoms with Gasteiger partial charge in [-0.1, -0.05) is 27.7 Å². The number of nitrogens with one attached hydrogen (secondary N) is 2. The summed E-state index contributed by atoms with van der Waals surface area (Å²) in [7, 11) is 1.81. The number of hydrogen-bond acceptors (Lipinski definition) is 4. The van der Waals surface area contributed by atoms with Gasteiger partial charge in [0.05, 0.1) is 17.2 Å². The van der Waals surface area contributed by atoms with E-state index in [-0.39, 0.29) is 5.41 Å². The summed E-state index contributed by atoms with van der Waals surface area (Å²) in [5.74, 6) is 0.842. The van der Waals surface area contributed by atoms with E-state index in [1.807, 2.05) is 18.4 Å². The van der Waals surface area contributed by atoms with Crippen LogP contribution in [0.25, 0.3) is 0 Å². The monoisotopic (exact) mass is 364 g/mol. The number of hydrogen-bond donors (Lipinski definition) is 2. The van der Waals surface area contributed by atoms with Gasteiger partial charge in [0, 0.05) is 40.6 Å². The Morgan fingerprint density at radius 1 is 1.21 bits per heavy atom. The molecule has 2 rings (SSSR count). The number of thiazole rings is 1. The molecule has 0 aliphatic rings. The fraction of sp³-hybridized carbons (Fsp3) is 0.556. The second-order valence-corrected chi connectivity index (χ2v) is 8.90. The zero-order valence-corrected chi connectivity index (χ0v) is 16.9. The van der Waals surface area contributed by atoms with Crippen molar-refractivity contribution in [1.29, 1.82) is 0 Å². The molecular weight excluding hydrogens is 336 g/mol. The number of guanidine groups is 1. The summed E-state index contributed by atoms with van der Waals surface area (Å²) in [6.07, 6.45) is 2.02. The molecule has 0 saturated carbocycles. The van der Waals surface area contributed by atoms with Crippen LogP contribution in [0.4, 0.5) is 0 Å². The normalized spacial score (nSPS) is 12.5. The molecule has 0 amide bonds. The number of aryl methyl sites for hydroxylation is 1. The number of aliphatic imine (C=N–C) groups is 1. The summed E-state index contributed by atoms with van der Waals surface area (Å²) in [5.41, 5.74) is 1.30. The molecule has 2 heterocycles. The summed E-state index contributed by atoms with van der Waals surface area (Å²) < 4.78 is 0. The largest absolute Gasteiger partial charge is 0.356 e. The van der Waals surface area contributed by atoms with Crippen LogP contribution >= 0.6 is 22.7 Å². The minimum atomic E-state index is 0.123. The smallest absolute Gasteiger partial charge is 0.191 e. The first-order chi connectivity index (χ1) is 11.4. The predicted octanol–water partition coefficient (Wildman–Crippen LogP) is 3.97. The molecule has 6 heteroatoms. The van der Waals surface area contributed by atoms with Crippen molar-refractivity contribution >= 4 is 28.6 Å². The summed E-state index contributed by atoms with van der Waals surface area (Å²) >= 11 is 3.60. The summed E-state index contributed by atoms with van der Waals surface area (Å²) in [4.78, 5) is 11.8. The lowest BCUT2D eigenvalue weighted by Crippen LogP contribution is -2.37. The maximum absolute atomic E-state index is 4.73. The van der Waals surface area contributed by atoms with Crippen molar-refractivity contribution in [1.82, 2.24) is 15.6 Å². The Bertz CT molecular complexity index is 665. The van der Waals surface area contributed by atoms with E-state index in [2.05, 4.69) is 60.8 Å². The van der Waals surface area contributed by atoms with Crippen LogP contribution in [0.3, 0.4) is 0 Å². The fourth-order valence-electron chi connectivity index (χ4n) is 2.16.